The molecule has 7 fully saturated rings. The lowest BCUT2D eigenvalue weighted by molar-refractivity contribution is -0.336. The second-order valence-corrected chi connectivity index (χ2v) is 11.8. The fraction of sp³-hybridized carbons (Fsp3) is 1.00. The zero-order chi connectivity index (χ0) is 20.9. The minimum Gasteiger partial charge on any atom is -0.392 e. The number of piperidine rings is 1. The van der Waals surface area contributed by atoms with Crippen molar-refractivity contribution in [3.05, 3.63) is 0 Å². The number of aliphatic hydroxyl groups excluding tert-OH is 2. The summed E-state index contributed by atoms with van der Waals surface area (Å²) in [6.07, 6.45) is 2.15. The molecular weight excluding hydrogens is 386 g/mol. The molecule has 2 heterocycles. The summed E-state index contributed by atoms with van der Waals surface area (Å²) in [5.41, 5.74) is -3.55. The number of methoxy groups -OCH3 is 1. The van der Waals surface area contributed by atoms with E-state index in [2.05, 4.69) is 18.7 Å². The summed E-state index contributed by atoms with van der Waals surface area (Å²) in [7, 11) is 1.70. The average Bonchev–Trinajstić information content (AvgIpc) is 3.27. The number of ether oxygens (including phenoxy) is 3. The SMILES string of the molecule is CCN1C[C@]2(C)CC[C@H](O)[C@]34C1[C@@]1(C[C@H]23)OCO[C@@]12C[C@H](OC)[C@H]1C[C@@H]4[C@]2(O)[C@H]1O. The molecule has 1 unspecified atom stereocenters. The largest absolute Gasteiger partial charge is 0.392 e. The summed E-state index contributed by atoms with van der Waals surface area (Å²) in [5.74, 6) is -0.102. The molecule has 3 N–H and O–H groups in total. The molecule has 0 amide bonds. The lowest BCUT2D eigenvalue weighted by atomic mass is 9.41. The summed E-state index contributed by atoms with van der Waals surface area (Å²) in [6, 6.07) is -0.00212. The quantitative estimate of drug-likeness (QED) is 0.598. The maximum absolute atomic E-state index is 12.5. The van der Waals surface area contributed by atoms with Gasteiger partial charge in [-0.1, -0.05) is 13.8 Å². The van der Waals surface area contributed by atoms with Crippen LogP contribution in [0.1, 0.15) is 46.0 Å². The third-order valence-electron chi connectivity index (χ3n) is 11.5. The molecule has 0 aromatic heterocycles. The molecule has 5 saturated carbocycles. The van der Waals surface area contributed by atoms with E-state index in [9.17, 15) is 15.3 Å². The van der Waals surface area contributed by atoms with Gasteiger partial charge >= 0.3 is 0 Å². The standard InChI is InChI=1S/C23H35NO6/c1-4-24-10-19(2)6-5-16(25)22-14-7-12-13(28-3)8-21(23(14,27)17(12)26)20(18(22)24,9-15(19)22)29-11-30-21/h12-18,25-27H,4-11H2,1-3H3/t12-,13+,14+,15-,16+,17+,18?,19+,20-,21+,22-,23+/m1/s1. The third-order valence-corrected chi connectivity index (χ3v) is 11.5. The van der Waals surface area contributed by atoms with Crippen LogP contribution in [0, 0.1) is 28.6 Å². The van der Waals surface area contributed by atoms with Gasteiger partial charge in [-0.05, 0) is 43.6 Å². The normalized spacial score (nSPS) is 67.6. The Kier molecular flexibility index (Phi) is 3.37. The second kappa shape index (κ2) is 5.27. The van der Waals surface area contributed by atoms with Crippen molar-refractivity contribution in [3.8, 4) is 0 Å². The highest BCUT2D eigenvalue weighted by Crippen LogP contribution is 2.82. The molecule has 7 heteroatoms. The topological polar surface area (TPSA) is 91.6 Å². The van der Waals surface area contributed by atoms with Crippen molar-refractivity contribution in [2.75, 3.05) is 27.0 Å². The Morgan fingerprint density at radius 2 is 1.97 bits per heavy atom. The Balaban J connectivity index is 1.57. The molecule has 2 aliphatic heterocycles. The van der Waals surface area contributed by atoms with Gasteiger partial charge in [0.2, 0.25) is 0 Å². The van der Waals surface area contributed by atoms with Gasteiger partial charge < -0.3 is 29.5 Å². The van der Waals surface area contributed by atoms with Crippen LogP contribution < -0.4 is 0 Å². The smallest absolute Gasteiger partial charge is 0.148 e. The molecule has 0 aromatic carbocycles. The van der Waals surface area contributed by atoms with Crippen molar-refractivity contribution in [2.24, 2.45) is 28.6 Å². The number of aliphatic hydroxyl groups is 3. The highest BCUT2D eigenvalue weighted by Gasteiger charge is 2.94. The van der Waals surface area contributed by atoms with Gasteiger partial charge in [-0.3, -0.25) is 4.90 Å². The number of hydrogen-bond donors (Lipinski definition) is 3. The summed E-state index contributed by atoms with van der Waals surface area (Å²) in [6.45, 7) is 6.59. The molecule has 7 bridgehead atoms. The van der Waals surface area contributed by atoms with E-state index in [0.29, 0.717) is 12.8 Å². The van der Waals surface area contributed by atoms with Crippen molar-refractivity contribution in [1.82, 2.24) is 4.90 Å². The monoisotopic (exact) mass is 421 g/mol. The maximum Gasteiger partial charge on any atom is 0.148 e. The van der Waals surface area contributed by atoms with Crippen molar-refractivity contribution in [1.29, 1.82) is 0 Å². The number of fused-ring (bicyclic) bond motifs is 1. The Labute approximate surface area is 177 Å². The first-order chi connectivity index (χ1) is 14.3. The van der Waals surface area contributed by atoms with Gasteiger partial charge in [0, 0.05) is 37.3 Å². The van der Waals surface area contributed by atoms with Gasteiger partial charge in [-0.15, -0.1) is 0 Å². The van der Waals surface area contributed by atoms with E-state index in [1.165, 1.54) is 0 Å². The minimum absolute atomic E-state index is 0.00212. The minimum atomic E-state index is -1.41. The van der Waals surface area contributed by atoms with E-state index in [-0.39, 0.29) is 42.1 Å². The van der Waals surface area contributed by atoms with Crippen molar-refractivity contribution >= 4 is 0 Å². The van der Waals surface area contributed by atoms with Crippen molar-refractivity contribution in [2.45, 2.75) is 87.1 Å². The highest BCUT2D eigenvalue weighted by molar-refractivity contribution is 5.44. The van der Waals surface area contributed by atoms with Gasteiger partial charge in [-0.25, -0.2) is 0 Å². The summed E-state index contributed by atoms with van der Waals surface area (Å²) in [4.78, 5) is 2.53. The van der Waals surface area contributed by atoms with Crippen LogP contribution in [-0.4, -0.2) is 88.4 Å². The van der Waals surface area contributed by atoms with Crippen LogP contribution in [0.5, 0.6) is 0 Å². The van der Waals surface area contributed by atoms with Crippen molar-refractivity contribution in [3.63, 3.8) is 0 Å². The Bertz CT molecular complexity index is 811. The second-order valence-electron chi connectivity index (χ2n) is 11.8. The highest BCUT2D eigenvalue weighted by atomic mass is 16.7. The lowest BCUT2D eigenvalue weighted by Crippen LogP contribution is -2.86. The van der Waals surface area contributed by atoms with E-state index in [1.54, 1.807) is 7.11 Å². The summed E-state index contributed by atoms with van der Waals surface area (Å²) >= 11 is 0. The lowest BCUT2D eigenvalue weighted by Gasteiger charge is -2.71. The van der Waals surface area contributed by atoms with Crippen LogP contribution in [0.3, 0.4) is 0 Å². The van der Waals surface area contributed by atoms with Crippen molar-refractivity contribution < 1.29 is 29.5 Å². The maximum atomic E-state index is 12.5. The first-order valence-electron chi connectivity index (χ1n) is 11.9. The van der Waals surface area contributed by atoms with Crippen LogP contribution >= 0.6 is 0 Å². The number of likely N-dealkylation sites (tertiary alicyclic amines) is 1. The number of hydrogen-bond acceptors (Lipinski definition) is 7. The Morgan fingerprint density at radius 3 is 2.70 bits per heavy atom. The van der Waals surface area contributed by atoms with Gasteiger partial charge in [0.1, 0.15) is 23.6 Å². The number of likely N-dealkylation sites (N-methyl/N-ethyl adjacent to an activating group) is 1. The Morgan fingerprint density at radius 1 is 1.17 bits per heavy atom. The zero-order valence-electron chi connectivity index (χ0n) is 18.2. The molecule has 2 saturated heterocycles. The van der Waals surface area contributed by atoms with Crippen LogP contribution in [-0.2, 0) is 14.2 Å². The average molecular weight is 422 g/mol. The van der Waals surface area contributed by atoms with E-state index < -0.39 is 34.4 Å². The van der Waals surface area contributed by atoms with Crippen LogP contribution in [0.25, 0.3) is 0 Å². The predicted molar refractivity (Wildman–Crippen MR) is 105 cm³/mol. The number of rotatable bonds is 2. The zero-order valence-corrected chi connectivity index (χ0v) is 18.2. The van der Waals surface area contributed by atoms with Gasteiger partial charge in [0.15, 0.2) is 0 Å². The predicted octanol–water partition coefficient (Wildman–Crippen LogP) is 0.500. The first kappa shape index (κ1) is 19.2. The Hall–Kier alpha value is -0.280. The molecule has 7 aliphatic rings. The molecule has 168 valence electrons. The fourth-order valence-corrected chi connectivity index (χ4v) is 10.8. The van der Waals surface area contributed by atoms with Gasteiger partial charge in [0.25, 0.3) is 0 Å². The van der Waals surface area contributed by atoms with E-state index in [1.807, 2.05) is 0 Å². The van der Waals surface area contributed by atoms with Crippen LogP contribution in [0.2, 0.25) is 0 Å². The van der Waals surface area contributed by atoms with Gasteiger partial charge in [-0.2, -0.15) is 0 Å². The molecule has 7 rings (SSSR count). The molecule has 0 radical (unpaired) electrons. The van der Waals surface area contributed by atoms with Crippen LogP contribution in [0.4, 0.5) is 0 Å². The molecule has 30 heavy (non-hydrogen) atoms. The van der Waals surface area contributed by atoms with Gasteiger partial charge in [0.05, 0.1) is 24.4 Å². The molecule has 7 nitrogen and oxygen atoms in total. The van der Waals surface area contributed by atoms with E-state index in [4.69, 9.17) is 14.2 Å². The summed E-state index contributed by atoms with van der Waals surface area (Å²) in [5, 5.41) is 35.8. The number of nitrogens with zero attached hydrogens (tertiary/aromatic N) is 1. The fourth-order valence-electron chi connectivity index (χ4n) is 10.8. The third kappa shape index (κ3) is 1.50. The van der Waals surface area contributed by atoms with E-state index >= 15 is 0 Å². The molecule has 5 aliphatic carbocycles. The summed E-state index contributed by atoms with van der Waals surface area (Å²) < 4.78 is 19.0. The van der Waals surface area contributed by atoms with Crippen LogP contribution in [0.15, 0.2) is 0 Å². The molecule has 12 atom stereocenters. The van der Waals surface area contributed by atoms with E-state index in [0.717, 1.165) is 32.4 Å². The molecule has 0 aromatic rings. The molecular formula is C23H35NO6. The first-order valence-corrected chi connectivity index (χ1v) is 11.9. The molecule has 3 spiro atoms.